The molecule has 3 N–H and O–H groups in total. The first kappa shape index (κ1) is 23.0. The van der Waals surface area contributed by atoms with Gasteiger partial charge >= 0.3 is 12.1 Å². The topological polar surface area (TPSA) is 118 Å². The van der Waals surface area contributed by atoms with Crippen LogP contribution in [0.25, 0.3) is 11.1 Å². The number of rotatable bonds is 7. The maximum Gasteiger partial charge on any atom is 0.407 e. The fourth-order valence-corrected chi connectivity index (χ4v) is 5.72. The minimum absolute atomic E-state index is 0.0233. The number of aromatic nitrogens is 1. The molecule has 0 saturated heterocycles. The van der Waals surface area contributed by atoms with Crippen LogP contribution < -0.4 is 10.6 Å². The molecular formula is C26H25N3O5S. The molecule has 1 saturated carbocycles. The van der Waals surface area contributed by atoms with Crippen molar-refractivity contribution in [1.82, 2.24) is 15.6 Å². The Morgan fingerprint density at radius 2 is 1.71 bits per heavy atom. The SMILES string of the molecule is O=C(N[C@H]1CCC[C@H]1C(=O)NCc1ncc(C(=O)O)s1)OCC1c2ccccc2-c2ccccc21. The molecule has 0 bridgehead atoms. The Bertz CT molecular complexity index is 1230. The van der Waals surface area contributed by atoms with Crippen LogP contribution in [0, 0.1) is 5.92 Å². The van der Waals surface area contributed by atoms with Crippen LogP contribution >= 0.6 is 11.3 Å². The van der Waals surface area contributed by atoms with Gasteiger partial charge in [-0.1, -0.05) is 55.0 Å². The van der Waals surface area contributed by atoms with E-state index in [-0.39, 0.29) is 41.8 Å². The molecule has 5 rings (SSSR count). The molecule has 3 aromatic rings. The number of thiazole rings is 1. The van der Waals surface area contributed by atoms with Gasteiger partial charge in [-0.15, -0.1) is 11.3 Å². The number of fused-ring (bicyclic) bond motifs is 3. The molecule has 2 amide bonds. The Hall–Kier alpha value is -3.72. The average molecular weight is 492 g/mol. The molecule has 1 aromatic heterocycles. The Balaban J connectivity index is 1.16. The number of ether oxygens (including phenoxy) is 1. The first-order valence-electron chi connectivity index (χ1n) is 11.6. The summed E-state index contributed by atoms with van der Waals surface area (Å²) in [5.41, 5.74) is 4.63. The molecule has 8 nitrogen and oxygen atoms in total. The molecule has 0 aliphatic heterocycles. The number of carboxylic acids is 1. The molecule has 0 spiro atoms. The third-order valence-corrected chi connectivity index (χ3v) is 7.66. The van der Waals surface area contributed by atoms with Crippen LogP contribution in [0.5, 0.6) is 0 Å². The van der Waals surface area contributed by atoms with Crippen molar-refractivity contribution in [2.24, 2.45) is 5.92 Å². The number of carbonyl (C=O) groups is 3. The lowest BCUT2D eigenvalue weighted by atomic mass is 9.98. The third kappa shape index (κ3) is 4.77. The lowest BCUT2D eigenvalue weighted by Crippen LogP contribution is -2.44. The Kier molecular flexibility index (Phi) is 6.50. The summed E-state index contributed by atoms with van der Waals surface area (Å²) in [4.78, 5) is 40.6. The minimum atomic E-state index is -1.04. The van der Waals surface area contributed by atoms with E-state index in [1.807, 2.05) is 24.3 Å². The van der Waals surface area contributed by atoms with Gasteiger partial charge < -0.3 is 20.5 Å². The molecule has 2 aromatic carbocycles. The zero-order valence-corrected chi connectivity index (χ0v) is 19.7. The van der Waals surface area contributed by atoms with E-state index in [1.165, 1.54) is 17.3 Å². The normalized spacial score (nSPS) is 18.5. The van der Waals surface area contributed by atoms with Gasteiger partial charge in [0.1, 0.15) is 16.5 Å². The van der Waals surface area contributed by atoms with Crippen LogP contribution in [0.15, 0.2) is 54.7 Å². The van der Waals surface area contributed by atoms with Crippen molar-refractivity contribution in [1.29, 1.82) is 0 Å². The first-order valence-corrected chi connectivity index (χ1v) is 12.4. The smallest absolute Gasteiger partial charge is 0.407 e. The van der Waals surface area contributed by atoms with Crippen LogP contribution in [-0.2, 0) is 16.1 Å². The Morgan fingerprint density at radius 3 is 2.37 bits per heavy atom. The molecule has 2 aliphatic rings. The molecular weight excluding hydrogens is 466 g/mol. The summed E-state index contributed by atoms with van der Waals surface area (Å²) in [7, 11) is 0. The number of hydrogen-bond donors (Lipinski definition) is 3. The lowest BCUT2D eigenvalue weighted by Gasteiger charge is -2.21. The van der Waals surface area contributed by atoms with E-state index in [0.717, 1.165) is 28.9 Å². The van der Waals surface area contributed by atoms with Crippen molar-refractivity contribution in [3.8, 4) is 11.1 Å². The largest absolute Gasteiger partial charge is 0.477 e. The molecule has 35 heavy (non-hydrogen) atoms. The molecule has 2 atom stereocenters. The number of carbonyl (C=O) groups excluding carboxylic acids is 2. The fraction of sp³-hybridized carbons (Fsp3) is 0.308. The van der Waals surface area contributed by atoms with E-state index in [1.54, 1.807) is 0 Å². The fourth-order valence-electron chi connectivity index (χ4n) is 5.02. The van der Waals surface area contributed by atoms with Crippen molar-refractivity contribution in [3.05, 3.63) is 75.7 Å². The summed E-state index contributed by atoms with van der Waals surface area (Å²) in [5, 5.41) is 15.2. The molecule has 2 aliphatic carbocycles. The van der Waals surface area contributed by atoms with Crippen LogP contribution in [0.4, 0.5) is 4.79 Å². The van der Waals surface area contributed by atoms with Crippen molar-refractivity contribution in [2.45, 2.75) is 37.8 Å². The number of nitrogens with zero attached hydrogens (tertiary/aromatic N) is 1. The van der Waals surface area contributed by atoms with E-state index in [9.17, 15) is 14.4 Å². The zero-order valence-electron chi connectivity index (χ0n) is 18.9. The summed E-state index contributed by atoms with van der Waals surface area (Å²) >= 11 is 1.03. The highest BCUT2D eigenvalue weighted by atomic mass is 32.1. The number of alkyl carbamates (subject to hydrolysis) is 1. The Labute approximate surface area is 206 Å². The van der Waals surface area contributed by atoms with Crippen molar-refractivity contribution < 1.29 is 24.2 Å². The van der Waals surface area contributed by atoms with Crippen LogP contribution in [0.2, 0.25) is 0 Å². The molecule has 1 heterocycles. The highest BCUT2D eigenvalue weighted by molar-refractivity contribution is 7.13. The van der Waals surface area contributed by atoms with Gasteiger partial charge in [0, 0.05) is 12.0 Å². The van der Waals surface area contributed by atoms with Gasteiger partial charge in [-0.05, 0) is 35.1 Å². The average Bonchev–Trinajstić information content (AvgIpc) is 3.59. The van der Waals surface area contributed by atoms with Gasteiger partial charge in [0.05, 0.1) is 18.7 Å². The van der Waals surface area contributed by atoms with E-state index in [2.05, 4.69) is 39.9 Å². The molecule has 0 unspecified atom stereocenters. The van der Waals surface area contributed by atoms with Gasteiger partial charge in [-0.3, -0.25) is 4.79 Å². The summed E-state index contributed by atoms with van der Waals surface area (Å²) in [6.07, 6.45) is 2.95. The van der Waals surface area contributed by atoms with Crippen molar-refractivity contribution in [2.75, 3.05) is 6.61 Å². The van der Waals surface area contributed by atoms with E-state index in [4.69, 9.17) is 9.84 Å². The quantitative estimate of drug-likeness (QED) is 0.457. The number of carboxylic acid groups (broad SMARTS) is 1. The summed E-state index contributed by atoms with van der Waals surface area (Å²) in [6.45, 7) is 0.379. The lowest BCUT2D eigenvalue weighted by molar-refractivity contribution is -0.125. The molecule has 9 heteroatoms. The minimum Gasteiger partial charge on any atom is -0.477 e. The maximum atomic E-state index is 12.8. The van der Waals surface area contributed by atoms with E-state index >= 15 is 0 Å². The number of benzene rings is 2. The van der Waals surface area contributed by atoms with Gasteiger partial charge in [0.2, 0.25) is 5.91 Å². The second-order valence-electron chi connectivity index (χ2n) is 8.75. The van der Waals surface area contributed by atoms with E-state index < -0.39 is 12.1 Å². The van der Waals surface area contributed by atoms with Crippen LogP contribution in [0.3, 0.4) is 0 Å². The maximum absolute atomic E-state index is 12.8. The number of amides is 2. The molecule has 0 radical (unpaired) electrons. The highest BCUT2D eigenvalue weighted by Gasteiger charge is 2.35. The van der Waals surface area contributed by atoms with Crippen LogP contribution in [-0.4, -0.2) is 40.7 Å². The van der Waals surface area contributed by atoms with Crippen molar-refractivity contribution >= 4 is 29.3 Å². The van der Waals surface area contributed by atoms with Crippen LogP contribution in [0.1, 0.15) is 51.0 Å². The summed E-state index contributed by atoms with van der Waals surface area (Å²) < 4.78 is 5.64. The highest BCUT2D eigenvalue weighted by Crippen LogP contribution is 2.44. The molecule has 180 valence electrons. The van der Waals surface area contributed by atoms with E-state index in [0.29, 0.717) is 17.8 Å². The second kappa shape index (κ2) is 9.87. The summed E-state index contributed by atoms with van der Waals surface area (Å²) in [6, 6.07) is 16.0. The zero-order chi connectivity index (χ0) is 24.4. The van der Waals surface area contributed by atoms with Crippen molar-refractivity contribution in [3.63, 3.8) is 0 Å². The van der Waals surface area contributed by atoms with Gasteiger partial charge in [-0.2, -0.15) is 0 Å². The number of nitrogens with one attached hydrogen (secondary N) is 2. The predicted octanol–water partition coefficient (Wildman–Crippen LogP) is 4.16. The monoisotopic (exact) mass is 491 g/mol. The summed E-state index contributed by atoms with van der Waals surface area (Å²) in [5.74, 6) is -1.61. The third-order valence-electron chi connectivity index (χ3n) is 6.68. The number of hydrogen-bond acceptors (Lipinski definition) is 6. The standard InChI is InChI=1S/C26H25N3O5S/c30-24(28-13-23-27-12-22(35-23)25(31)32)19-10-5-11-21(19)29-26(33)34-14-20-17-8-3-1-6-15(17)16-7-2-4-9-18(16)20/h1-4,6-9,12,19-21H,5,10-11,13-14H2,(H,28,30)(H,29,33)(H,31,32)/t19-,21+/m1/s1. The predicted molar refractivity (Wildman–Crippen MR) is 130 cm³/mol. The van der Waals surface area contributed by atoms with Gasteiger partial charge in [0.25, 0.3) is 0 Å². The molecule has 1 fully saturated rings. The first-order chi connectivity index (χ1) is 17.0. The van der Waals surface area contributed by atoms with Gasteiger partial charge in [0.15, 0.2) is 0 Å². The van der Waals surface area contributed by atoms with Gasteiger partial charge in [-0.25, -0.2) is 14.6 Å². The Morgan fingerprint density at radius 1 is 1.03 bits per heavy atom. The number of aromatic carboxylic acids is 1. The second-order valence-corrected chi connectivity index (χ2v) is 9.87.